The quantitative estimate of drug-likeness (QED) is 0.544. The summed E-state index contributed by atoms with van der Waals surface area (Å²) >= 11 is 6.81. The number of rotatable bonds is 6. The standard InChI is InChI=1S/C21H21ClF2N4O3S2/c1-28-12-26-32-21(28)27-33(29,30)20-9-17(23)19(8-18(20)24)31-11-14-10-25-7-6-16(14)13-2-4-15(22)5-3-13/h2-5,8-9,12,14,16,25H,6-7,10-11H2,1H3/b27-21-. The van der Waals surface area contributed by atoms with Gasteiger partial charge in [-0.05, 0) is 36.6 Å². The lowest BCUT2D eigenvalue weighted by molar-refractivity contribution is 0.190. The first-order valence-electron chi connectivity index (χ1n) is 10.1. The van der Waals surface area contributed by atoms with Crippen molar-refractivity contribution in [1.29, 1.82) is 0 Å². The minimum Gasteiger partial charge on any atom is -0.490 e. The van der Waals surface area contributed by atoms with Crippen LogP contribution in [0.3, 0.4) is 0 Å². The van der Waals surface area contributed by atoms with Gasteiger partial charge in [0.1, 0.15) is 17.0 Å². The van der Waals surface area contributed by atoms with E-state index in [4.69, 9.17) is 16.3 Å². The van der Waals surface area contributed by atoms with Gasteiger partial charge in [-0.3, -0.25) is 0 Å². The molecule has 0 amide bonds. The Morgan fingerprint density at radius 1 is 1.27 bits per heavy atom. The lowest BCUT2D eigenvalue weighted by atomic mass is 9.81. The van der Waals surface area contributed by atoms with Gasteiger partial charge >= 0.3 is 0 Å². The highest BCUT2D eigenvalue weighted by atomic mass is 35.5. The molecule has 2 unspecified atom stereocenters. The van der Waals surface area contributed by atoms with Crippen molar-refractivity contribution in [2.45, 2.75) is 17.2 Å². The first-order chi connectivity index (χ1) is 15.7. The minimum absolute atomic E-state index is 0.00660. The largest absolute Gasteiger partial charge is 0.490 e. The number of halogens is 3. The molecule has 2 heterocycles. The number of aryl methyl sites for hydroxylation is 1. The number of piperidine rings is 1. The summed E-state index contributed by atoms with van der Waals surface area (Å²) in [5, 5.41) is 3.93. The fourth-order valence-electron chi connectivity index (χ4n) is 3.75. The minimum atomic E-state index is -4.48. The number of hydrogen-bond donors (Lipinski definition) is 1. The third-order valence-electron chi connectivity index (χ3n) is 5.48. The van der Waals surface area contributed by atoms with Crippen LogP contribution < -0.4 is 14.9 Å². The summed E-state index contributed by atoms with van der Waals surface area (Å²) in [7, 11) is -2.93. The first kappa shape index (κ1) is 23.8. The van der Waals surface area contributed by atoms with Crippen LogP contribution in [-0.4, -0.2) is 37.1 Å². The molecule has 0 aliphatic carbocycles. The van der Waals surface area contributed by atoms with Crippen molar-refractivity contribution in [1.82, 2.24) is 14.3 Å². The van der Waals surface area contributed by atoms with E-state index in [1.807, 2.05) is 24.3 Å². The molecule has 4 rings (SSSR count). The maximum Gasteiger partial charge on any atom is 0.288 e. The summed E-state index contributed by atoms with van der Waals surface area (Å²) < 4.78 is 68.7. The fraction of sp³-hybridized carbons (Fsp3) is 0.333. The van der Waals surface area contributed by atoms with Crippen LogP contribution in [0.2, 0.25) is 5.02 Å². The van der Waals surface area contributed by atoms with E-state index < -0.39 is 26.6 Å². The fourth-order valence-corrected chi connectivity index (χ4v) is 5.75. The molecule has 0 radical (unpaired) electrons. The van der Waals surface area contributed by atoms with E-state index in [1.165, 1.54) is 10.9 Å². The molecule has 1 aliphatic rings. The highest BCUT2D eigenvalue weighted by Gasteiger charge is 2.28. The molecule has 1 N–H and O–H groups in total. The van der Waals surface area contributed by atoms with Crippen LogP contribution in [0.5, 0.6) is 5.75 Å². The van der Waals surface area contributed by atoms with Crippen LogP contribution in [0, 0.1) is 17.6 Å². The average Bonchev–Trinajstić information content (AvgIpc) is 3.18. The van der Waals surface area contributed by atoms with E-state index in [0.717, 1.165) is 36.1 Å². The van der Waals surface area contributed by atoms with Crippen molar-refractivity contribution in [3.05, 3.63) is 69.7 Å². The molecule has 1 aromatic heterocycles. The number of nitrogens with zero attached hydrogens (tertiary/aromatic N) is 3. The SMILES string of the molecule is Cn1cns/c1=N\S(=O)(=O)c1cc(F)c(OCC2CNCCC2c2ccc(Cl)cc2)cc1F. The maximum absolute atomic E-state index is 14.7. The molecule has 0 bridgehead atoms. The van der Waals surface area contributed by atoms with Crippen molar-refractivity contribution in [3.8, 4) is 5.75 Å². The van der Waals surface area contributed by atoms with E-state index in [0.29, 0.717) is 17.6 Å². The molecule has 1 aliphatic heterocycles. The predicted octanol–water partition coefficient (Wildman–Crippen LogP) is 3.47. The van der Waals surface area contributed by atoms with Gasteiger partial charge in [-0.15, -0.1) is 4.40 Å². The lowest BCUT2D eigenvalue weighted by Crippen LogP contribution is -2.38. The van der Waals surface area contributed by atoms with Crippen molar-refractivity contribution in [3.63, 3.8) is 0 Å². The topological polar surface area (TPSA) is 85.6 Å². The van der Waals surface area contributed by atoms with Gasteiger partial charge in [0.25, 0.3) is 10.0 Å². The molecule has 12 heteroatoms. The van der Waals surface area contributed by atoms with E-state index in [2.05, 4.69) is 14.1 Å². The summed E-state index contributed by atoms with van der Waals surface area (Å²) in [4.78, 5) is -0.827. The summed E-state index contributed by atoms with van der Waals surface area (Å²) in [6, 6.07) is 8.90. The van der Waals surface area contributed by atoms with Gasteiger partial charge in [-0.1, -0.05) is 23.7 Å². The van der Waals surface area contributed by atoms with Crippen LogP contribution >= 0.6 is 23.1 Å². The Labute approximate surface area is 198 Å². The zero-order valence-corrected chi connectivity index (χ0v) is 19.9. The van der Waals surface area contributed by atoms with Crippen LogP contribution in [0.25, 0.3) is 0 Å². The van der Waals surface area contributed by atoms with Crippen molar-refractivity contribution in [2.24, 2.45) is 17.4 Å². The monoisotopic (exact) mass is 514 g/mol. The van der Waals surface area contributed by atoms with Crippen molar-refractivity contribution < 1.29 is 21.9 Å². The normalized spacial score (nSPS) is 19.6. The second-order valence-electron chi connectivity index (χ2n) is 7.71. The molecule has 2 aromatic carbocycles. The summed E-state index contributed by atoms with van der Waals surface area (Å²) in [5.74, 6) is -2.30. The van der Waals surface area contributed by atoms with Crippen molar-refractivity contribution in [2.75, 3.05) is 19.7 Å². The van der Waals surface area contributed by atoms with E-state index >= 15 is 0 Å². The Hall–Kier alpha value is -2.34. The smallest absolute Gasteiger partial charge is 0.288 e. The van der Waals surface area contributed by atoms with Gasteiger partial charge in [-0.25, -0.2) is 8.78 Å². The second kappa shape index (κ2) is 9.88. The van der Waals surface area contributed by atoms with Crippen LogP contribution in [0.15, 0.2) is 52.0 Å². The Balaban J connectivity index is 1.54. The predicted molar refractivity (Wildman–Crippen MR) is 121 cm³/mol. The van der Waals surface area contributed by atoms with Gasteiger partial charge in [-0.2, -0.15) is 12.8 Å². The van der Waals surface area contributed by atoms with Gasteiger partial charge in [0.05, 0.1) is 6.61 Å². The van der Waals surface area contributed by atoms with E-state index in [1.54, 1.807) is 7.05 Å². The zero-order valence-electron chi connectivity index (χ0n) is 17.5. The molecule has 1 saturated heterocycles. The van der Waals surface area contributed by atoms with Gasteiger partial charge < -0.3 is 14.6 Å². The second-order valence-corrected chi connectivity index (χ2v) is 10.5. The number of ether oxygens (including phenoxy) is 1. The van der Waals surface area contributed by atoms with E-state index in [9.17, 15) is 17.2 Å². The van der Waals surface area contributed by atoms with Gasteiger partial charge in [0, 0.05) is 48.2 Å². The number of benzene rings is 2. The summed E-state index contributed by atoms with van der Waals surface area (Å²) in [5.41, 5.74) is 1.10. The Kier molecular flexibility index (Phi) is 7.13. The number of aromatic nitrogens is 2. The molecule has 7 nitrogen and oxygen atoms in total. The highest BCUT2D eigenvalue weighted by molar-refractivity contribution is 7.90. The third kappa shape index (κ3) is 5.43. The Bertz CT molecular complexity index is 1310. The Morgan fingerprint density at radius 3 is 2.73 bits per heavy atom. The average molecular weight is 515 g/mol. The summed E-state index contributed by atoms with van der Waals surface area (Å²) in [6.07, 6.45) is 2.23. The van der Waals surface area contributed by atoms with E-state index in [-0.39, 0.29) is 29.0 Å². The lowest BCUT2D eigenvalue weighted by Gasteiger charge is -2.32. The molecule has 33 heavy (non-hydrogen) atoms. The molecule has 1 fully saturated rings. The maximum atomic E-state index is 14.7. The molecule has 0 spiro atoms. The Morgan fingerprint density at radius 2 is 2.03 bits per heavy atom. The molecule has 3 aromatic rings. The van der Waals surface area contributed by atoms with Crippen LogP contribution in [-0.2, 0) is 17.1 Å². The first-order valence-corrected chi connectivity index (χ1v) is 12.7. The zero-order chi connectivity index (χ0) is 23.6. The number of hydrogen-bond acceptors (Lipinski definition) is 6. The molecular weight excluding hydrogens is 494 g/mol. The van der Waals surface area contributed by atoms with Crippen LogP contribution in [0.1, 0.15) is 17.9 Å². The van der Waals surface area contributed by atoms with Crippen LogP contribution in [0.4, 0.5) is 8.78 Å². The highest BCUT2D eigenvalue weighted by Crippen LogP contribution is 2.33. The molecular formula is C21H21ClF2N4O3S2. The van der Waals surface area contributed by atoms with Crippen molar-refractivity contribution >= 4 is 33.2 Å². The number of sulfonamides is 1. The molecule has 0 saturated carbocycles. The molecule has 176 valence electrons. The van der Waals surface area contributed by atoms with Gasteiger partial charge in [0.2, 0.25) is 4.80 Å². The number of nitrogens with one attached hydrogen (secondary N) is 1. The molecule has 2 atom stereocenters. The third-order valence-corrected chi connectivity index (χ3v) is 7.87. The van der Waals surface area contributed by atoms with Gasteiger partial charge in [0.15, 0.2) is 11.6 Å². The summed E-state index contributed by atoms with van der Waals surface area (Å²) in [6.45, 7) is 1.61.